The molecule has 0 aromatic rings. The first-order valence-electron chi connectivity index (χ1n) is 4.26. The molecule has 0 saturated carbocycles. The van der Waals surface area contributed by atoms with Gasteiger partial charge in [-0.3, -0.25) is 0 Å². The lowest BCUT2D eigenvalue weighted by Gasteiger charge is -2.27. The third kappa shape index (κ3) is 2.21. The van der Waals surface area contributed by atoms with Crippen LogP contribution >= 0.6 is 11.6 Å². The number of rotatable bonds is 1. The molecule has 0 spiro atoms. The van der Waals surface area contributed by atoms with Gasteiger partial charge in [0.25, 0.3) is 0 Å². The molecule has 2 aliphatic heterocycles. The molecular weight excluding hydrogens is 192 g/mol. The summed E-state index contributed by atoms with van der Waals surface area (Å²) in [6.45, 7) is 1.46. The van der Waals surface area contributed by atoms with E-state index in [-0.39, 0.29) is 12.3 Å². The fourth-order valence-electron chi connectivity index (χ4n) is 1.28. The van der Waals surface area contributed by atoms with Crippen LogP contribution < -0.4 is 5.32 Å². The molecular formula is C8H11ClN2O2. The van der Waals surface area contributed by atoms with Gasteiger partial charge in [0.05, 0.1) is 13.2 Å². The monoisotopic (exact) mass is 202 g/mol. The lowest BCUT2D eigenvalue weighted by Crippen LogP contribution is -2.36. The quantitative estimate of drug-likeness (QED) is 0.641. The van der Waals surface area contributed by atoms with Crippen LogP contribution in [0.3, 0.4) is 0 Å². The van der Waals surface area contributed by atoms with Gasteiger partial charge in [0.1, 0.15) is 6.04 Å². The van der Waals surface area contributed by atoms with Crippen molar-refractivity contribution in [3.05, 3.63) is 12.3 Å². The van der Waals surface area contributed by atoms with Crippen LogP contribution in [0.25, 0.3) is 0 Å². The van der Waals surface area contributed by atoms with Gasteiger partial charge in [-0.25, -0.2) is 4.99 Å². The van der Waals surface area contributed by atoms with Gasteiger partial charge in [0.2, 0.25) is 0 Å². The first-order valence-corrected chi connectivity index (χ1v) is 4.64. The van der Waals surface area contributed by atoms with Gasteiger partial charge in [0, 0.05) is 6.20 Å². The molecule has 0 amide bonds. The van der Waals surface area contributed by atoms with Crippen molar-refractivity contribution in [2.45, 2.75) is 18.8 Å². The third-order valence-electron chi connectivity index (χ3n) is 1.89. The summed E-state index contributed by atoms with van der Waals surface area (Å²) < 4.78 is 10.8. The molecule has 5 heteroatoms. The van der Waals surface area contributed by atoms with E-state index >= 15 is 0 Å². The van der Waals surface area contributed by atoms with E-state index < -0.39 is 0 Å². The van der Waals surface area contributed by atoms with E-state index in [1.807, 2.05) is 6.08 Å². The first-order chi connectivity index (χ1) is 6.36. The predicted octanol–water partition coefficient (Wildman–Crippen LogP) is 0.830. The van der Waals surface area contributed by atoms with Gasteiger partial charge in [-0.1, -0.05) is 0 Å². The largest absolute Gasteiger partial charge is 0.350 e. The molecule has 0 aromatic heterocycles. The summed E-state index contributed by atoms with van der Waals surface area (Å²) in [6, 6.07) is -0.117. The Morgan fingerprint density at radius 2 is 2.23 bits per heavy atom. The van der Waals surface area contributed by atoms with Crippen LogP contribution in [0.4, 0.5) is 0 Å². The Morgan fingerprint density at radius 3 is 2.92 bits per heavy atom. The van der Waals surface area contributed by atoms with E-state index in [1.54, 1.807) is 6.20 Å². The van der Waals surface area contributed by atoms with Crippen molar-refractivity contribution < 1.29 is 9.47 Å². The van der Waals surface area contributed by atoms with Gasteiger partial charge in [-0.15, -0.1) is 0 Å². The Hall–Kier alpha value is -0.580. The molecule has 1 fully saturated rings. The second kappa shape index (κ2) is 4.09. The Kier molecular flexibility index (Phi) is 2.83. The molecule has 2 heterocycles. The molecule has 2 aliphatic rings. The minimum atomic E-state index is -0.277. The summed E-state index contributed by atoms with van der Waals surface area (Å²) >= 11 is 5.71. The molecule has 1 unspecified atom stereocenters. The van der Waals surface area contributed by atoms with Crippen LogP contribution in [-0.4, -0.2) is 30.8 Å². The SMILES string of the molecule is ClC1=NC(C2OCCCO2)C=CN1. The Bertz CT molecular complexity index is 236. The summed E-state index contributed by atoms with van der Waals surface area (Å²) in [5.74, 6) is 0. The van der Waals surface area contributed by atoms with Crippen LogP contribution in [0.5, 0.6) is 0 Å². The fourth-order valence-corrected chi connectivity index (χ4v) is 1.46. The lowest BCUT2D eigenvalue weighted by atomic mass is 10.2. The zero-order chi connectivity index (χ0) is 9.10. The van der Waals surface area contributed by atoms with Crippen LogP contribution in [0.1, 0.15) is 6.42 Å². The minimum Gasteiger partial charge on any atom is -0.350 e. The van der Waals surface area contributed by atoms with E-state index in [0.717, 1.165) is 19.6 Å². The highest BCUT2D eigenvalue weighted by Gasteiger charge is 2.24. The summed E-state index contributed by atoms with van der Waals surface area (Å²) in [5.41, 5.74) is 0. The van der Waals surface area contributed by atoms with E-state index in [9.17, 15) is 0 Å². The van der Waals surface area contributed by atoms with Gasteiger partial charge in [-0.2, -0.15) is 0 Å². The van der Waals surface area contributed by atoms with Gasteiger partial charge < -0.3 is 14.8 Å². The predicted molar refractivity (Wildman–Crippen MR) is 49.7 cm³/mol. The number of aliphatic imine (C=N–C) groups is 1. The highest BCUT2D eigenvalue weighted by atomic mass is 35.5. The summed E-state index contributed by atoms with van der Waals surface area (Å²) in [4.78, 5) is 4.14. The molecule has 4 nitrogen and oxygen atoms in total. The molecule has 1 N–H and O–H groups in total. The summed E-state index contributed by atoms with van der Waals surface area (Å²) in [5, 5.41) is 3.15. The van der Waals surface area contributed by atoms with Gasteiger partial charge in [0.15, 0.2) is 11.6 Å². The second-order valence-corrected chi connectivity index (χ2v) is 3.24. The molecule has 1 atom stereocenters. The Balaban J connectivity index is 1.98. The average molecular weight is 203 g/mol. The Labute approximate surface area is 81.6 Å². The van der Waals surface area contributed by atoms with Crippen LogP contribution in [0, 0.1) is 0 Å². The number of hydrogen-bond acceptors (Lipinski definition) is 4. The Morgan fingerprint density at radius 1 is 1.46 bits per heavy atom. The number of ether oxygens (including phenoxy) is 2. The topological polar surface area (TPSA) is 42.9 Å². The van der Waals surface area contributed by atoms with Crippen molar-refractivity contribution >= 4 is 16.9 Å². The number of hydrogen-bond donors (Lipinski definition) is 1. The number of amidine groups is 1. The maximum absolute atomic E-state index is 5.71. The molecule has 13 heavy (non-hydrogen) atoms. The molecule has 0 aromatic carbocycles. The first kappa shape index (κ1) is 8.99. The molecule has 0 aliphatic carbocycles. The zero-order valence-corrected chi connectivity index (χ0v) is 7.83. The highest BCUT2D eigenvalue weighted by molar-refractivity contribution is 6.64. The minimum absolute atomic E-state index is 0.117. The van der Waals surface area contributed by atoms with Crippen molar-refractivity contribution in [1.82, 2.24) is 5.32 Å². The molecule has 2 rings (SSSR count). The molecule has 1 saturated heterocycles. The number of nitrogens with one attached hydrogen (secondary N) is 1. The van der Waals surface area contributed by atoms with E-state index in [0.29, 0.717) is 5.29 Å². The van der Waals surface area contributed by atoms with E-state index in [2.05, 4.69) is 10.3 Å². The number of nitrogens with zero attached hydrogens (tertiary/aromatic N) is 1. The molecule has 0 radical (unpaired) electrons. The van der Waals surface area contributed by atoms with Crippen molar-refractivity contribution in [3.8, 4) is 0 Å². The van der Waals surface area contributed by atoms with E-state index in [4.69, 9.17) is 21.1 Å². The average Bonchev–Trinajstić information content (AvgIpc) is 2.19. The van der Waals surface area contributed by atoms with Crippen LogP contribution in [0.15, 0.2) is 17.3 Å². The summed E-state index contributed by atoms with van der Waals surface area (Å²) in [7, 11) is 0. The van der Waals surface area contributed by atoms with E-state index in [1.165, 1.54) is 0 Å². The maximum Gasteiger partial charge on any atom is 0.196 e. The maximum atomic E-state index is 5.71. The molecule has 72 valence electrons. The standard InChI is InChI=1S/C8H11ClN2O2/c9-8-10-3-2-6(11-8)7-12-4-1-5-13-7/h2-3,6-7H,1,4-5H2,(H,10,11). The fraction of sp³-hybridized carbons (Fsp3) is 0.625. The van der Waals surface area contributed by atoms with Crippen molar-refractivity contribution in [1.29, 1.82) is 0 Å². The third-order valence-corrected chi connectivity index (χ3v) is 2.10. The normalized spacial score (nSPS) is 29.6. The lowest BCUT2D eigenvalue weighted by molar-refractivity contribution is -0.182. The van der Waals surface area contributed by atoms with Crippen molar-refractivity contribution in [2.24, 2.45) is 4.99 Å². The zero-order valence-electron chi connectivity index (χ0n) is 7.07. The second-order valence-electron chi connectivity index (χ2n) is 2.88. The van der Waals surface area contributed by atoms with Gasteiger partial charge >= 0.3 is 0 Å². The van der Waals surface area contributed by atoms with Crippen LogP contribution in [-0.2, 0) is 9.47 Å². The molecule has 0 bridgehead atoms. The number of halogens is 1. The van der Waals surface area contributed by atoms with Crippen LogP contribution in [0.2, 0.25) is 0 Å². The highest BCUT2D eigenvalue weighted by Crippen LogP contribution is 2.14. The summed E-state index contributed by atoms with van der Waals surface area (Å²) in [6.07, 6.45) is 4.30. The van der Waals surface area contributed by atoms with Gasteiger partial charge in [-0.05, 0) is 24.1 Å². The smallest absolute Gasteiger partial charge is 0.196 e. The van der Waals surface area contributed by atoms with Crippen molar-refractivity contribution in [2.75, 3.05) is 13.2 Å². The van der Waals surface area contributed by atoms with Crippen molar-refractivity contribution in [3.63, 3.8) is 0 Å².